The first-order valence-electron chi connectivity index (χ1n) is 6.39. The molecule has 0 radical (unpaired) electrons. The molecule has 0 saturated carbocycles. The predicted octanol–water partition coefficient (Wildman–Crippen LogP) is 2.14. The molecule has 1 aliphatic rings. The Hall–Kier alpha value is -0.610. The SMILES string of the molecule is CC(CN1CCOC(CO)C1)c1cccc(Cl)c1. The lowest BCUT2D eigenvalue weighted by molar-refractivity contribution is -0.0536. The van der Waals surface area contributed by atoms with Crippen LogP contribution in [0.3, 0.4) is 0 Å². The zero-order chi connectivity index (χ0) is 13.0. The molecule has 1 saturated heterocycles. The van der Waals surface area contributed by atoms with Crippen LogP contribution in [0.1, 0.15) is 18.4 Å². The number of aliphatic hydroxyl groups is 1. The van der Waals surface area contributed by atoms with Crippen molar-refractivity contribution in [2.75, 3.05) is 32.8 Å². The first-order chi connectivity index (χ1) is 8.69. The highest BCUT2D eigenvalue weighted by Crippen LogP contribution is 2.21. The molecule has 1 N–H and O–H groups in total. The van der Waals surface area contributed by atoms with Crippen molar-refractivity contribution in [3.05, 3.63) is 34.9 Å². The minimum atomic E-state index is -0.0367. The van der Waals surface area contributed by atoms with Gasteiger partial charge in [-0.05, 0) is 23.6 Å². The Morgan fingerprint density at radius 3 is 3.11 bits per heavy atom. The van der Waals surface area contributed by atoms with Gasteiger partial charge >= 0.3 is 0 Å². The average molecular weight is 270 g/mol. The van der Waals surface area contributed by atoms with Crippen molar-refractivity contribution < 1.29 is 9.84 Å². The van der Waals surface area contributed by atoms with E-state index in [1.54, 1.807) is 0 Å². The monoisotopic (exact) mass is 269 g/mol. The van der Waals surface area contributed by atoms with Gasteiger partial charge in [0, 0.05) is 24.7 Å². The van der Waals surface area contributed by atoms with Crippen molar-refractivity contribution in [1.82, 2.24) is 4.90 Å². The predicted molar refractivity (Wildman–Crippen MR) is 73.1 cm³/mol. The van der Waals surface area contributed by atoms with Crippen molar-refractivity contribution in [3.8, 4) is 0 Å². The Morgan fingerprint density at radius 2 is 2.39 bits per heavy atom. The summed E-state index contributed by atoms with van der Waals surface area (Å²) in [4.78, 5) is 2.34. The van der Waals surface area contributed by atoms with Crippen LogP contribution in [0, 0.1) is 0 Å². The van der Waals surface area contributed by atoms with Gasteiger partial charge in [-0.2, -0.15) is 0 Å². The Kier molecular flexibility index (Phi) is 5.01. The number of rotatable bonds is 4. The molecule has 1 fully saturated rings. The van der Waals surface area contributed by atoms with Crippen molar-refractivity contribution in [1.29, 1.82) is 0 Å². The number of benzene rings is 1. The largest absolute Gasteiger partial charge is 0.394 e. The zero-order valence-corrected chi connectivity index (χ0v) is 11.4. The second kappa shape index (κ2) is 6.53. The molecule has 2 rings (SSSR count). The molecule has 4 heteroatoms. The molecule has 0 aliphatic carbocycles. The molecule has 0 bridgehead atoms. The number of aliphatic hydroxyl groups excluding tert-OH is 1. The molecule has 1 aromatic rings. The molecule has 100 valence electrons. The van der Waals surface area contributed by atoms with Gasteiger partial charge in [0.05, 0.1) is 19.3 Å². The molecular formula is C14H20ClNO2. The van der Waals surface area contributed by atoms with Crippen LogP contribution in [0.2, 0.25) is 5.02 Å². The van der Waals surface area contributed by atoms with Crippen LogP contribution in [0.15, 0.2) is 24.3 Å². The Morgan fingerprint density at radius 1 is 1.56 bits per heavy atom. The van der Waals surface area contributed by atoms with Crippen LogP contribution in [-0.2, 0) is 4.74 Å². The quantitative estimate of drug-likeness (QED) is 0.909. The molecule has 3 nitrogen and oxygen atoms in total. The molecule has 1 heterocycles. The van der Waals surface area contributed by atoms with Crippen LogP contribution in [0.4, 0.5) is 0 Å². The fraction of sp³-hybridized carbons (Fsp3) is 0.571. The van der Waals surface area contributed by atoms with Gasteiger partial charge in [0.1, 0.15) is 0 Å². The highest BCUT2D eigenvalue weighted by molar-refractivity contribution is 6.30. The minimum Gasteiger partial charge on any atom is -0.394 e. The van der Waals surface area contributed by atoms with Crippen molar-refractivity contribution >= 4 is 11.6 Å². The number of hydrogen-bond acceptors (Lipinski definition) is 3. The molecule has 2 unspecified atom stereocenters. The molecular weight excluding hydrogens is 250 g/mol. The lowest BCUT2D eigenvalue weighted by Gasteiger charge is -2.33. The molecule has 0 aromatic heterocycles. The van der Waals surface area contributed by atoms with Crippen molar-refractivity contribution in [2.45, 2.75) is 18.9 Å². The molecule has 0 amide bonds. The lowest BCUT2D eigenvalue weighted by atomic mass is 10.0. The van der Waals surface area contributed by atoms with E-state index in [0.29, 0.717) is 12.5 Å². The van der Waals surface area contributed by atoms with E-state index in [2.05, 4.69) is 17.9 Å². The smallest absolute Gasteiger partial charge is 0.0932 e. The molecule has 1 aromatic carbocycles. The molecule has 1 aliphatic heterocycles. The van der Waals surface area contributed by atoms with Crippen molar-refractivity contribution in [2.24, 2.45) is 0 Å². The van der Waals surface area contributed by atoms with E-state index >= 15 is 0 Å². The maximum atomic E-state index is 9.13. The highest BCUT2D eigenvalue weighted by Gasteiger charge is 2.21. The van der Waals surface area contributed by atoms with Crippen LogP contribution < -0.4 is 0 Å². The van der Waals surface area contributed by atoms with Gasteiger partial charge < -0.3 is 9.84 Å². The minimum absolute atomic E-state index is 0.0367. The standard InChI is InChI=1S/C14H20ClNO2/c1-11(12-3-2-4-13(15)7-12)8-16-5-6-18-14(9-16)10-17/h2-4,7,11,14,17H,5-6,8-10H2,1H3. The lowest BCUT2D eigenvalue weighted by Crippen LogP contribution is -2.45. The van der Waals surface area contributed by atoms with Gasteiger partial charge in [-0.1, -0.05) is 30.7 Å². The molecule has 0 spiro atoms. The van der Waals surface area contributed by atoms with Gasteiger partial charge in [0.2, 0.25) is 0 Å². The summed E-state index contributed by atoms with van der Waals surface area (Å²) in [5.41, 5.74) is 1.26. The summed E-state index contributed by atoms with van der Waals surface area (Å²) >= 11 is 6.01. The van der Waals surface area contributed by atoms with E-state index in [4.69, 9.17) is 21.4 Å². The Labute approximate surface area is 113 Å². The summed E-state index contributed by atoms with van der Waals surface area (Å²) in [6, 6.07) is 8.02. The molecule has 18 heavy (non-hydrogen) atoms. The third-order valence-electron chi connectivity index (χ3n) is 3.38. The number of morpholine rings is 1. The van der Waals surface area contributed by atoms with Gasteiger partial charge in [0.25, 0.3) is 0 Å². The fourth-order valence-electron chi connectivity index (χ4n) is 2.36. The summed E-state index contributed by atoms with van der Waals surface area (Å²) in [5.74, 6) is 0.432. The summed E-state index contributed by atoms with van der Waals surface area (Å²) < 4.78 is 5.45. The number of ether oxygens (including phenoxy) is 1. The van der Waals surface area contributed by atoms with Crippen LogP contribution in [-0.4, -0.2) is 49.0 Å². The second-order valence-electron chi connectivity index (χ2n) is 4.89. The van der Waals surface area contributed by atoms with Crippen molar-refractivity contribution in [3.63, 3.8) is 0 Å². The first-order valence-corrected chi connectivity index (χ1v) is 6.77. The summed E-state index contributed by atoms with van der Waals surface area (Å²) in [5, 5.41) is 9.91. The second-order valence-corrected chi connectivity index (χ2v) is 5.33. The normalized spacial score (nSPS) is 22.9. The summed E-state index contributed by atoms with van der Waals surface area (Å²) in [7, 11) is 0. The number of nitrogens with zero attached hydrogens (tertiary/aromatic N) is 1. The van der Waals surface area contributed by atoms with E-state index in [1.807, 2.05) is 18.2 Å². The Bertz CT molecular complexity index is 386. The maximum absolute atomic E-state index is 9.13. The van der Waals surface area contributed by atoms with E-state index in [9.17, 15) is 0 Å². The van der Waals surface area contributed by atoms with Gasteiger partial charge in [0.15, 0.2) is 0 Å². The van der Waals surface area contributed by atoms with Gasteiger partial charge in [-0.15, -0.1) is 0 Å². The van der Waals surface area contributed by atoms with E-state index < -0.39 is 0 Å². The van der Waals surface area contributed by atoms with E-state index in [1.165, 1.54) is 5.56 Å². The maximum Gasteiger partial charge on any atom is 0.0932 e. The molecule has 2 atom stereocenters. The van der Waals surface area contributed by atoms with Gasteiger partial charge in [-0.25, -0.2) is 0 Å². The van der Waals surface area contributed by atoms with Crippen LogP contribution >= 0.6 is 11.6 Å². The number of hydrogen-bond donors (Lipinski definition) is 1. The summed E-state index contributed by atoms with van der Waals surface area (Å²) in [6.07, 6.45) is -0.0367. The third-order valence-corrected chi connectivity index (χ3v) is 3.61. The summed E-state index contributed by atoms with van der Waals surface area (Å²) in [6.45, 7) is 5.72. The van der Waals surface area contributed by atoms with Gasteiger partial charge in [-0.3, -0.25) is 4.90 Å². The highest BCUT2D eigenvalue weighted by atomic mass is 35.5. The third kappa shape index (κ3) is 3.69. The average Bonchev–Trinajstić information content (AvgIpc) is 2.39. The topological polar surface area (TPSA) is 32.7 Å². The Balaban J connectivity index is 1.92. The van der Waals surface area contributed by atoms with Crippen LogP contribution in [0.25, 0.3) is 0 Å². The zero-order valence-electron chi connectivity index (χ0n) is 10.7. The van der Waals surface area contributed by atoms with E-state index in [-0.39, 0.29) is 12.7 Å². The number of halogens is 1. The first kappa shape index (κ1) is 13.8. The fourth-order valence-corrected chi connectivity index (χ4v) is 2.56. The van der Waals surface area contributed by atoms with Crippen LogP contribution in [0.5, 0.6) is 0 Å². The van der Waals surface area contributed by atoms with E-state index in [0.717, 1.165) is 24.7 Å².